The van der Waals surface area contributed by atoms with Gasteiger partial charge >= 0.3 is 0 Å². The maximum atomic E-state index is 13.0. The molecule has 1 aliphatic heterocycles. The third kappa shape index (κ3) is 4.18. The molecule has 3 aromatic rings. The van der Waals surface area contributed by atoms with Crippen LogP contribution in [0.4, 0.5) is 10.1 Å². The minimum absolute atomic E-state index is 0.115. The summed E-state index contributed by atoms with van der Waals surface area (Å²) in [5, 5.41) is 7.85. The van der Waals surface area contributed by atoms with Crippen molar-refractivity contribution in [2.45, 2.75) is 12.5 Å². The van der Waals surface area contributed by atoms with Crippen LogP contribution in [-0.2, 0) is 0 Å². The van der Waals surface area contributed by atoms with Crippen LogP contribution in [0.15, 0.2) is 84.0 Å². The SMILES string of the molecule is Fc1ccc(NC(=S)NN=C2CC(c3ccccc3)Oc3ccccc32)cc1. The fourth-order valence-corrected chi connectivity index (χ4v) is 3.22. The first-order valence-electron chi connectivity index (χ1n) is 8.89. The molecule has 4 rings (SSSR count). The normalized spacial score (nSPS) is 16.8. The second-order valence-corrected chi connectivity index (χ2v) is 6.76. The van der Waals surface area contributed by atoms with Crippen LogP contribution in [-0.4, -0.2) is 10.8 Å². The lowest BCUT2D eigenvalue weighted by molar-refractivity contribution is 0.206. The van der Waals surface area contributed by atoms with Gasteiger partial charge in [0.15, 0.2) is 5.11 Å². The van der Waals surface area contributed by atoms with E-state index in [1.807, 2.05) is 54.6 Å². The topological polar surface area (TPSA) is 45.7 Å². The monoisotopic (exact) mass is 391 g/mol. The summed E-state index contributed by atoms with van der Waals surface area (Å²) >= 11 is 5.30. The van der Waals surface area contributed by atoms with E-state index in [1.165, 1.54) is 12.1 Å². The number of hydrazone groups is 1. The van der Waals surface area contributed by atoms with Crippen molar-refractivity contribution < 1.29 is 9.13 Å². The fraction of sp³-hybridized carbons (Fsp3) is 0.0909. The summed E-state index contributed by atoms with van der Waals surface area (Å²) in [6.45, 7) is 0. The number of benzene rings is 3. The number of para-hydroxylation sites is 1. The van der Waals surface area contributed by atoms with Gasteiger partial charge in [-0.15, -0.1) is 0 Å². The molecule has 0 bridgehead atoms. The number of hydrogen-bond acceptors (Lipinski definition) is 3. The predicted octanol–water partition coefficient (Wildman–Crippen LogP) is 5.04. The van der Waals surface area contributed by atoms with Gasteiger partial charge in [0.05, 0.1) is 5.71 Å². The molecule has 1 unspecified atom stereocenters. The van der Waals surface area contributed by atoms with Crippen molar-refractivity contribution >= 4 is 28.7 Å². The van der Waals surface area contributed by atoms with Gasteiger partial charge in [-0.2, -0.15) is 5.10 Å². The largest absolute Gasteiger partial charge is 0.485 e. The number of fused-ring (bicyclic) bond motifs is 1. The van der Waals surface area contributed by atoms with Gasteiger partial charge in [0.2, 0.25) is 0 Å². The first-order chi connectivity index (χ1) is 13.7. The zero-order valence-corrected chi connectivity index (χ0v) is 15.7. The summed E-state index contributed by atoms with van der Waals surface area (Å²) in [6.07, 6.45) is 0.503. The summed E-state index contributed by atoms with van der Waals surface area (Å²) in [4.78, 5) is 0. The van der Waals surface area contributed by atoms with Crippen LogP contribution in [0.25, 0.3) is 0 Å². The van der Waals surface area contributed by atoms with Crippen LogP contribution in [0, 0.1) is 5.82 Å². The minimum atomic E-state index is -0.296. The highest BCUT2D eigenvalue weighted by molar-refractivity contribution is 7.80. The molecule has 3 aromatic carbocycles. The van der Waals surface area contributed by atoms with Crippen molar-refractivity contribution in [1.82, 2.24) is 5.43 Å². The number of ether oxygens (including phenoxy) is 1. The molecule has 0 spiro atoms. The van der Waals surface area contributed by atoms with E-state index in [0.717, 1.165) is 22.6 Å². The zero-order valence-electron chi connectivity index (χ0n) is 14.9. The highest BCUT2D eigenvalue weighted by atomic mass is 32.1. The number of thiocarbonyl (C=S) groups is 1. The molecule has 2 N–H and O–H groups in total. The standard InChI is InChI=1S/C22H18FN3OS/c23-16-10-12-17(13-11-16)24-22(28)26-25-19-14-21(15-6-2-1-3-7-15)27-20-9-5-4-8-18(19)20/h1-13,21H,14H2,(H2,24,26,28). The molecular weight excluding hydrogens is 373 g/mol. The molecule has 140 valence electrons. The Labute approximate surface area is 168 Å². The molecule has 28 heavy (non-hydrogen) atoms. The Morgan fingerprint density at radius 1 is 0.964 bits per heavy atom. The number of nitrogens with zero attached hydrogens (tertiary/aromatic N) is 1. The van der Waals surface area contributed by atoms with Gasteiger partial charge in [0.1, 0.15) is 17.7 Å². The molecular formula is C22H18FN3OS. The van der Waals surface area contributed by atoms with Crippen molar-refractivity contribution in [2.24, 2.45) is 5.10 Å². The highest BCUT2D eigenvalue weighted by Crippen LogP contribution is 2.34. The molecule has 0 radical (unpaired) electrons. The van der Waals surface area contributed by atoms with Crippen molar-refractivity contribution in [3.8, 4) is 5.75 Å². The van der Waals surface area contributed by atoms with Crippen molar-refractivity contribution in [1.29, 1.82) is 0 Å². The van der Waals surface area contributed by atoms with Crippen LogP contribution in [0.1, 0.15) is 23.7 Å². The van der Waals surface area contributed by atoms with Gasteiger partial charge < -0.3 is 10.1 Å². The number of nitrogens with one attached hydrogen (secondary N) is 2. The van der Waals surface area contributed by atoms with E-state index in [1.54, 1.807) is 12.1 Å². The van der Waals surface area contributed by atoms with E-state index in [0.29, 0.717) is 17.2 Å². The third-order valence-electron chi connectivity index (χ3n) is 4.41. The zero-order chi connectivity index (χ0) is 19.3. The van der Waals surface area contributed by atoms with E-state index >= 15 is 0 Å². The summed E-state index contributed by atoms with van der Waals surface area (Å²) in [6, 6.07) is 23.9. The van der Waals surface area contributed by atoms with E-state index in [-0.39, 0.29) is 11.9 Å². The van der Waals surface area contributed by atoms with E-state index < -0.39 is 0 Å². The van der Waals surface area contributed by atoms with Crippen LogP contribution >= 0.6 is 12.2 Å². The van der Waals surface area contributed by atoms with E-state index in [2.05, 4.69) is 15.8 Å². The van der Waals surface area contributed by atoms with Crippen molar-refractivity contribution in [3.63, 3.8) is 0 Å². The Morgan fingerprint density at radius 2 is 1.68 bits per heavy atom. The average Bonchev–Trinajstić information content (AvgIpc) is 2.74. The summed E-state index contributed by atoms with van der Waals surface area (Å²) in [7, 11) is 0. The Kier molecular flexibility index (Phi) is 5.30. The van der Waals surface area contributed by atoms with Gasteiger partial charge in [-0.3, -0.25) is 5.43 Å². The quantitative estimate of drug-likeness (QED) is 0.485. The second-order valence-electron chi connectivity index (χ2n) is 6.35. The molecule has 0 aliphatic carbocycles. The molecule has 0 fully saturated rings. The molecule has 1 heterocycles. The first-order valence-corrected chi connectivity index (χ1v) is 9.30. The molecule has 4 nitrogen and oxygen atoms in total. The lowest BCUT2D eigenvalue weighted by Crippen LogP contribution is -2.28. The van der Waals surface area contributed by atoms with E-state index in [9.17, 15) is 4.39 Å². The lowest BCUT2D eigenvalue weighted by atomic mass is 9.96. The Bertz CT molecular complexity index is 1010. The van der Waals surface area contributed by atoms with Gasteiger partial charge in [-0.05, 0) is 54.2 Å². The lowest BCUT2D eigenvalue weighted by Gasteiger charge is -2.27. The van der Waals surface area contributed by atoms with Gasteiger partial charge in [0, 0.05) is 17.7 Å². The van der Waals surface area contributed by atoms with Crippen molar-refractivity contribution in [2.75, 3.05) is 5.32 Å². The summed E-state index contributed by atoms with van der Waals surface area (Å²) in [5.74, 6) is 0.496. The molecule has 0 saturated heterocycles. The number of rotatable bonds is 3. The van der Waals surface area contributed by atoms with Gasteiger partial charge in [-0.1, -0.05) is 42.5 Å². The van der Waals surface area contributed by atoms with Crippen LogP contribution in [0.5, 0.6) is 5.75 Å². The van der Waals surface area contributed by atoms with Crippen molar-refractivity contribution in [3.05, 3.63) is 95.8 Å². The second kappa shape index (κ2) is 8.19. The molecule has 1 atom stereocenters. The maximum absolute atomic E-state index is 13.0. The van der Waals surface area contributed by atoms with E-state index in [4.69, 9.17) is 17.0 Å². The molecule has 0 amide bonds. The summed E-state index contributed by atoms with van der Waals surface area (Å²) < 4.78 is 19.2. The fourth-order valence-electron chi connectivity index (χ4n) is 3.06. The highest BCUT2D eigenvalue weighted by Gasteiger charge is 2.26. The Morgan fingerprint density at radius 3 is 2.46 bits per heavy atom. The number of halogens is 1. The predicted molar refractivity (Wildman–Crippen MR) is 113 cm³/mol. The first kappa shape index (κ1) is 18.1. The maximum Gasteiger partial charge on any atom is 0.191 e. The van der Waals surface area contributed by atoms with Gasteiger partial charge in [-0.25, -0.2) is 4.39 Å². The average molecular weight is 391 g/mol. The van der Waals surface area contributed by atoms with Crippen LogP contribution < -0.4 is 15.5 Å². The molecule has 0 saturated carbocycles. The van der Waals surface area contributed by atoms with Gasteiger partial charge in [0.25, 0.3) is 0 Å². The minimum Gasteiger partial charge on any atom is -0.485 e. The Hall–Kier alpha value is -3.25. The van der Waals surface area contributed by atoms with Crippen LogP contribution in [0.3, 0.4) is 0 Å². The smallest absolute Gasteiger partial charge is 0.191 e. The molecule has 6 heteroatoms. The number of anilines is 1. The molecule has 1 aliphatic rings. The number of hydrogen-bond donors (Lipinski definition) is 2. The molecule has 0 aromatic heterocycles. The summed E-state index contributed by atoms with van der Waals surface area (Å²) in [5.41, 5.74) is 6.47. The van der Waals surface area contributed by atoms with Crippen LogP contribution in [0.2, 0.25) is 0 Å². The third-order valence-corrected chi connectivity index (χ3v) is 4.61. The Balaban J connectivity index is 1.53.